The first-order chi connectivity index (χ1) is 6.38. The lowest BCUT2D eigenvalue weighted by atomic mass is 10.2. The largest absolute Gasteiger partial charge is 0.442 e. The highest BCUT2D eigenvalue weighted by atomic mass is 16.6. The van der Waals surface area contributed by atoms with Crippen molar-refractivity contribution in [1.82, 2.24) is 20.0 Å². The fraction of sp³-hybridized carbons (Fsp3) is 0.571. The molecule has 1 rings (SSSR count). The van der Waals surface area contributed by atoms with Crippen LogP contribution in [0.4, 0.5) is 4.79 Å². The van der Waals surface area contributed by atoms with E-state index in [9.17, 15) is 4.79 Å². The van der Waals surface area contributed by atoms with Gasteiger partial charge in [-0.3, -0.25) is 5.10 Å². The van der Waals surface area contributed by atoms with E-state index in [4.69, 9.17) is 9.94 Å². The Kier molecular flexibility index (Phi) is 2.59. The Morgan fingerprint density at radius 3 is 2.64 bits per heavy atom. The average Bonchev–Trinajstić information content (AvgIpc) is 2.01. The van der Waals surface area contributed by atoms with Gasteiger partial charge in [0, 0.05) is 6.20 Å². The molecule has 0 fully saturated rings. The van der Waals surface area contributed by atoms with E-state index >= 15 is 0 Å². The number of hydrogen-bond acceptors (Lipinski definition) is 3. The molecule has 0 saturated carbocycles. The van der Waals surface area contributed by atoms with E-state index in [1.54, 1.807) is 20.8 Å². The third-order valence-corrected chi connectivity index (χ3v) is 1.21. The van der Waals surface area contributed by atoms with Gasteiger partial charge in [-0.1, -0.05) is 0 Å². The standard InChI is InChI=1S/C7H14N4O3/c1-7(2,3)14-6(12)10-5-4-8-11(13)9-10/h4-5,8-9,13H,1-3H3. The quantitative estimate of drug-likeness (QED) is 0.550. The Labute approximate surface area is 80.5 Å². The molecular formula is C7H14N4O3. The minimum absolute atomic E-state index is 0.532. The Bertz CT molecular complexity index is 347. The van der Waals surface area contributed by atoms with Crippen molar-refractivity contribution in [2.45, 2.75) is 26.4 Å². The van der Waals surface area contributed by atoms with Crippen LogP contribution in [0.15, 0.2) is 12.4 Å². The zero-order chi connectivity index (χ0) is 10.8. The van der Waals surface area contributed by atoms with E-state index in [0.29, 0.717) is 4.96 Å². The minimum Gasteiger partial charge on any atom is -0.442 e. The van der Waals surface area contributed by atoms with Gasteiger partial charge >= 0.3 is 6.09 Å². The third kappa shape index (κ3) is 2.92. The van der Waals surface area contributed by atoms with Gasteiger partial charge in [0.2, 0.25) is 0 Å². The number of rotatable bonds is 0. The molecule has 0 bridgehead atoms. The molecule has 7 heteroatoms. The van der Waals surface area contributed by atoms with Crippen molar-refractivity contribution in [1.29, 1.82) is 0 Å². The molecule has 0 atom stereocenters. The lowest BCUT2D eigenvalue weighted by Crippen LogP contribution is -2.29. The maximum absolute atomic E-state index is 11.4. The van der Waals surface area contributed by atoms with Gasteiger partial charge in [-0.2, -0.15) is 9.90 Å². The first-order valence-electron chi connectivity index (χ1n) is 4.09. The number of nitrogens with one attached hydrogen (secondary N) is 2. The van der Waals surface area contributed by atoms with Crippen molar-refractivity contribution < 1.29 is 14.7 Å². The van der Waals surface area contributed by atoms with Crippen molar-refractivity contribution in [3.05, 3.63) is 12.4 Å². The van der Waals surface area contributed by atoms with Crippen LogP contribution in [0.1, 0.15) is 20.8 Å². The van der Waals surface area contributed by atoms with Crippen molar-refractivity contribution >= 4 is 6.09 Å². The van der Waals surface area contributed by atoms with Crippen LogP contribution < -0.4 is 0 Å². The number of carbonyl (C=O) groups is 1. The summed E-state index contributed by atoms with van der Waals surface area (Å²) in [6, 6.07) is 0. The summed E-state index contributed by atoms with van der Waals surface area (Å²) in [7, 11) is 0. The Morgan fingerprint density at radius 2 is 2.14 bits per heavy atom. The van der Waals surface area contributed by atoms with Gasteiger partial charge in [-0.25, -0.2) is 4.79 Å². The highest BCUT2D eigenvalue weighted by Crippen LogP contribution is 2.07. The van der Waals surface area contributed by atoms with E-state index in [2.05, 4.69) is 10.3 Å². The summed E-state index contributed by atoms with van der Waals surface area (Å²) in [5.41, 5.74) is -0.572. The van der Waals surface area contributed by atoms with Crippen LogP contribution in [0.25, 0.3) is 0 Å². The molecule has 0 radical (unpaired) electrons. The van der Waals surface area contributed by atoms with Crippen LogP contribution in [0, 0.1) is 0 Å². The fourth-order valence-corrected chi connectivity index (χ4v) is 0.756. The number of aromatic nitrogens is 4. The molecule has 1 aromatic heterocycles. The van der Waals surface area contributed by atoms with Crippen molar-refractivity contribution in [2.75, 3.05) is 0 Å². The molecule has 14 heavy (non-hydrogen) atoms. The van der Waals surface area contributed by atoms with Crippen LogP contribution in [-0.4, -0.2) is 36.9 Å². The number of hydrogen-bond donors (Lipinski definition) is 3. The van der Waals surface area contributed by atoms with Gasteiger partial charge < -0.3 is 9.94 Å². The Hall–Kier alpha value is -1.79. The van der Waals surface area contributed by atoms with E-state index in [1.807, 2.05) is 0 Å². The molecular weight excluding hydrogens is 188 g/mol. The van der Waals surface area contributed by atoms with Crippen molar-refractivity contribution in [2.24, 2.45) is 0 Å². The Balaban J connectivity index is 2.80. The number of carbonyl (C=O) groups excluding carboxylic acids is 1. The van der Waals surface area contributed by atoms with Crippen molar-refractivity contribution in [3.63, 3.8) is 0 Å². The predicted octanol–water partition coefficient (Wildman–Crippen LogP) is 1.09. The molecule has 0 aromatic carbocycles. The van der Waals surface area contributed by atoms with Crippen LogP contribution in [0.5, 0.6) is 0 Å². The second-order valence-electron chi connectivity index (χ2n) is 3.71. The fourth-order valence-electron chi connectivity index (χ4n) is 0.756. The highest BCUT2D eigenvalue weighted by Gasteiger charge is 2.17. The molecule has 0 saturated heterocycles. The first-order valence-corrected chi connectivity index (χ1v) is 4.09. The molecule has 0 unspecified atom stereocenters. The summed E-state index contributed by atoms with van der Waals surface area (Å²) in [5.74, 6) is 0. The Morgan fingerprint density at radius 1 is 1.50 bits per heavy atom. The lowest BCUT2D eigenvalue weighted by molar-refractivity contribution is 0.0390. The minimum atomic E-state index is -0.602. The van der Waals surface area contributed by atoms with Gasteiger partial charge in [-0.15, -0.1) is 0 Å². The lowest BCUT2D eigenvalue weighted by Gasteiger charge is -2.19. The second-order valence-corrected chi connectivity index (χ2v) is 3.71. The number of aromatic amines is 2. The summed E-state index contributed by atoms with van der Waals surface area (Å²) in [6.07, 6.45) is 2.16. The maximum atomic E-state index is 11.4. The SMILES string of the molecule is CC(C)(C)OC(=O)n1cc[nH]n(O)[nH]1. The number of nitrogens with zero attached hydrogens (tertiary/aromatic N) is 2. The third-order valence-electron chi connectivity index (χ3n) is 1.21. The van der Waals surface area contributed by atoms with Gasteiger partial charge in [0.15, 0.2) is 0 Å². The topological polar surface area (TPSA) is 88.0 Å². The molecule has 1 aromatic rings. The number of H-pyrrole nitrogens is 2. The van der Waals surface area contributed by atoms with Crippen LogP contribution in [0.2, 0.25) is 0 Å². The summed E-state index contributed by atoms with van der Waals surface area (Å²) < 4.78 is 6.03. The van der Waals surface area contributed by atoms with E-state index in [-0.39, 0.29) is 0 Å². The van der Waals surface area contributed by atoms with E-state index in [1.165, 1.54) is 12.4 Å². The van der Waals surface area contributed by atoms with E-state index in [0.717, 1.165) is 4.68 Å². The molecule has 1 heterocycles. The molecule has 0 amide bonds. The molecule has 80 valence electrons. The summed E-state index contributed by atoms with van der Waals surface area (Å²) in [5, 5.41) is 13.6. The summed E-state index contributed by atoms with van der Waals surface area (Å²) >= 11 is 0. The van der Waals surface area contributed by atoms with Gasteiger partial charge in [-0.05, 0) is 25.7 Å². The first kappa shape index (κ1) is 10.3. The molecule has 7 nitrogen and oxygen atoms in total. The van der Waals surface area contributed by atoms with Crippen LogP contribution >= 0.6 is 0 Å². The normalized spacial score (nSPS) is 11.1. The van der Waals surface area contributed by atoms with E-state index < -0.39 is 11.7 Å². The highest BCUT2D eigenvalue weighted by molar-refractivity contribution is 5.69. The zero-order valence-corrected chi connectivity index (χ0v) is 8.31. The molecule has 3 N–H and O–H groups in total. The van der Waals surface area contributed by atoms with Gasteiger partial charge in [0.05, 0.1) is 6.20 Å². The van der Waals surface area contributed by atoms with Crippen molar-refractivity contribution in [3.8, 4) is 0 Å². The summed E-state index contributed by atoms with van der Waals surface area (Å²) in [4.78, 5) is 11.9. The molecule has 0 aliphatic carbocycles. The smallest absolute Gasteiger partial charge is 0.434 e. The van der Waals surface area contributed by atoms with Crippen LogP contribution in [-0.2, 0) is 4.74 Å². The second kappa shape index (κ2) is 3.52. The predicted molar refractivity (Wildman–Crippen MR) is 47.6 cm³/mol. The zero-order valence-electron chi connectivity index (χ0n) is 8.31. The average molecular weight is 202 g/mol. The number of ether oxygens (including phenoxy) is 1. The summed E-state index contributed by atoms with van der Waals surface area (Å²) in [6.45, 7) is 5.27. The molecule has 0 aliphatic heterocycles. The maximum Gasteiger partial charge on any atom is 0.434 e. The van der Waals surface area contributed by atoms with Gasteiger partial charge in [0.25, 0.3) is 0 Å². The monoisotopic (exact) mass is 202 g/mol. The van der Waals surface area contributed by atoms with Gasteiger partial charge in [0.1, 0.15) is 5.60 Å². The van der Waals surface area contributed by atoms with Crippen LogP contribution in [0.3, 0.4) is 0 Å². The molecule has 0 aliphatic rings. The molecule has 0 spiro atoms.